The molecule has 1 aromatic carbocycles. The fourth-order valence-corrected chi connectivity index (χ4v) is 2.38. The smallest absolute Gasteiger partial charge is 0.313 e. The lowest BCUT2D eigenvalue weighted by atomic mass is 9.97. The van der Waals surface area contributed by atoms with Crippen LogP contribution in [-0.2, 0) is 16.0 Å². The van der Waals surface area contributed by atoms with Gasteiger partial charge in [-0.25, -0.2) is 0 Å². The van der Waals surface area contributed by atoms with Crippen LogP contribution in [0.1, 0.15) is 70.4 Å². The summed E-state index contributed by atoms with van der Waals surface area (Å²) in [4.78, 5) is 12.0. The second-order valence-electron chi connectivity index (χ2n) is 6.29. The Morgan fingerprint density at radius 1 is 1.05 bits per heavy atom. The number of carbonyl (C=O) groups excluding carboxylic acids is 1. The van der Waals surface area contributed by atoms with Gasteiger partial charge in [-0.3, -0.25) is 4.79 Å². The summed E-state index contributed by atoms with van der Waals surface area (Å²) >= 11 is 0. The molecule has 21 heavy (non-hydrogen) atoms. The molecular weight excluding hydrogens is 260 g/mol. The first-order valence-electron chi connectivity index (χ1n) is 8.30. The summed E-state index contributed by atoms with van der Waals surface area (Å²) in [5.41, 5.74) is 2.37. The van der Waals surface area contributed by atoms with Crippen molar-refractivity contribution in [2.45, 2.75) is 65.7 Å². The molecule has 0 saturated carbocycles. The largest absolute Gasteiger partial charge is 0.465 e. The minimum Gasteiger partial charge on any atom is -0.465 e. The van der Waals surface area contributed by atoms with Crippen LogP contribution in [0, 0.1) is 5.92 Å². The zero-order chi connectivity index (χ0) is 15.7. The molecule has 0 aliphatic rings. The SMILES string of the molecule is CCCCCCOC(=O)C(C)c1ccc(CC(C)C)cc1. The minimum absolute atomic E-state index is 0.108. The monoisotopic (exact) mass is 290 g/mol. The van der Waals surface area contributed by atoms with Crippen LogP contribution in [0.3, 0.4) is 0 Å². The maximum absolute atomic E-state index is 12.0. The highest BCUT2D eigenvalue weighted by Crippen LogP contribution is 2.19. The van der Waals surface area contributed by atoms with Crippen molar-refractivity contribution in [2.24, 2.45) is 5.92 Å². The molecule has 0 spiro atoms. The lowest BCUT2D eigenvalue weighted by Crippen LogP contribution is -2.14. The summed E-state index contributed by atoms with van der Waals surface area (Å²) in [5, 5.41) is 0. The van der Waals surface area contributed by atoms with Crippen LogP contribution >= 0.6 is 0 Å². The lowest BCUT2D eigenvalue weighted by Gasteiger charge is -2.13. The van der Waals surface area contributed by atoms with Gasteiger partial charge in [0.2, 0.25) is 0 Å². The minimum atomic E-state index is -0.177. The molecule has 118 valence electrons. The van der Waals surface area contributed by atoms with E-state index in [0.29, 0.717) is 12.5 Å². The van der Waals surface area contributed by atoms with Crippen LogP contribution < -0.4 is 0 Å². The van der Waals surface area contributed by atoms with Crippen molar-refractivity contribution in [3.63, 3.8) is 0 Å². The van der Waals surface area contributed by atoms with E-state index in [9.17, 15) is 4.79 Å². The zero-order valence-electron chi connectivity index (χ0n) is 14.0. The quantitative estimate of drug-likeness (QED) is 0.466. The molecule has 0 bridgehead atoms. The summed E-state index contributed by atoms with van der Waals surface area (Å²) in [6.07, 6.45) is 5.61. The molecule has 0 amide bonds. The van der Waals surface area contributed by atoms with Gasteiger partial charge < -0.3 is 4.74 Å². The summed E-state index contributed by atoms with van der Waals surface area (Å²) < 4.78 is 5.36. The number of esters is 1. The van der Waals surface area contributed by atoms with Gasteiger partial charge in [-0.05, 0) is 36.8 Å². The molecule has 0 fully saturated rings. The number of benzene rings is 1. The van der Waals surface area contributed by atoms with Crippen molar-refractivity contribution in [1.82, 2.24) is 0 Å². The molecule has 0 aliphatic carbocycles. The molecule has 1 rings (SSSR count). The Kier molecular flexibility index (Phi) is 8.11. The molecule has 0 aromatic heterocycles. The van der Waals surface area contributed by atoms with E-state index in [0.717, 1.165) is 24.8 Å². The maximum Gasteiger partial charge on any atom is 0.313 e. The van der Waals surface area contributed by atoms with E-state index in [4.69, 9.17) is 4.74 Å². The van der Waals surface area contributed by atoms with E-state index in [1.165, 1.54) is 18.4 Å². The van der Waals surface area contributed by atoms with E-state index in [-0.39, 0.29) is 11.9 Å². The van der Waals surface area contributed by atoms with E-state index in [1.807, 2.05) is 6.92 Å². The Hall–Kier alpha value is -1.31. The summed E-state index contributed by atoms with van der Waals surface area (Å²) in [6.45, 7) is 9.08. The van der Waals surface area contributed by atoms with Gasteiger partial charge in [0.05, 0.1) is 12.5 Å². The Balaban J connectivity index is 2.42. The fourth-order valence-electron chi connectivity index (χ4n) is 2.38. The molecule has 1 aromatic rings. The molecular formula is C19H30O2. The number of hydrogen-bond donors (Lipinski definition) is 0. The van der Waals surface area contributed by atoms with Gasteiger partial charge in [0.15, 0.2) is 0 Å². The van der Waals surface area contributed by atoms with Crippen LogP contribution in [0.5, 0.6) is 0 Å². The highest BCUT2D eigenvalue weighted by molar-refractivity contribution is 5.77. The van der Waals surface area contributed by atoms with E-state index in [1.54, 1.807) is 0 Å². The number of rotatable bonds is 9. The molecule has 0 aliphatic heterocycles. The number of ether oxygens (including phenoxy) is 1. The highest BCUT2D eigenvalue weighted by atomic mass is 16.5. The van der Waals surface area contributed by atoms with Crippen LogP contribution in [0.25, 0.3) is 0 Å². The average molecular weight is 290 g/mol. The van der Waals surface area contributed by atoms with Crippen LogP contribution in [0.2, 0.25) is 0 Å². The maximum atomic E-state index is 12.0. The van der Waals surface area contributed by atoms with E-state index in [2.05, 4.69) is 45.0 Å². The Morgan fingerprint density at radius 2 is 1.71 bits per heavy atom. The third kappa shape index (κ3) is 6.79. The molecule has 1 atom stereocenters. The first-order valence-corrected chi connectivity index (χ1v) is 8.30. The summed E-state index contributed by atoms with van der Waals surface area (Å²) in [7, 11) is 0. The van der Waals surface area contributed by atoms with Gasteiger partial charge in [-0.15, -0.1) is 0 Å². The third-order valence-corrected chi connectivity index (χ3v) is 3.72. The van der Waals surface area contributed by atoms with Crippen LogP contribution in [-0.4, -0.2) is 12.6 Å². The van der Waals surface area contributed by atoms with Crippen molar-refractivity contribution in [1.29, 1.82) is 0 Å². The van der Waals surface area contributed by atoms with Gasteiger partial charge in [-0.2, -0.15) is 0 Å². The molecule has 0 saturated heterocycles. The molecule has 0 radical (unpaired) electrons. The predicted octanol–water partition coefficient (Wildman–Crippen LogP) is 5.11. The van der Waals surface area contributed by atoms with Crippen LogP contribution in [0.4, 0.5) is 0 Å². The number of carbonyl (C=O) groups is 1. The predicted molar refractivity (Wildman–Crippen MR) is 88.5 cm³/mol. The van der Waals surface area contributed by atoms with Crippen molar-refractivity contribution in [3.05, 3.63) is 35.4 Å². The Labute approximate surface area is 129 Å². The first-order chi connectivity index (χ1) is 10.0. The van der Waals surface area contributed by atoms with Gasteiger partial charge >= 0.3 is 5.97 Å². The van der Waals surface area contributed by atoms with Crippen molar-refractivity contribution >= 4 is 5.97 Å². The highest BCUT2D eigenvalue weighted by Gasteiger charge is 2.16. The zero-order valence-corrected chi connectivity index (χ0v) is 14.0. The second kappa shape index (κ2) is 9.59. The third-order valence-electron chi connectivity index (χ3n) is 3.72. The lowest BCUT2D eigenvalue weighted by molar-refractivity contribution is -0.145. The first kappa shape index (κ1) is 17.7. The molecule has 0 heterocycles. The molecule has 1 unspecified atom stereocenters. The van der Waals surface area contributed by atoms with Gasteiger partial charge in [-0.1, -0.05) is 64.3 Å². The Bertz CT molecular complexity index is 406. The number of hydrogen-bond acceptors (Lipinski definition) is 2. The number of unbranched alkanes of at least 4 members (excludes halogenated alkanes) is 3. The average Bonchev–Trinajstić information content (AvgIpc) is 2.46. The normalized spacial score (nSPS) is 12.4. The molecule has 2 nitrogen and oxygen atoms in total. The standard InChI is InChI=1S/C19H30O2/c1-5-6-7-8-13-21-19(20)16(4)18-11-9-17(10-12-18)14-15(2)3/h9-12,15-16H,5-8,13-14H2,1-4H3. The van der Waals surface area contributed by atoms with Crippen molar-refractivity contribution in [2.75, 3.05) is 6.61 Å². The second-order valence-corrected chi connectivity index (χ2v) is 6.29. The topological polar surface area (TPSA) is 26.3 Å². The van der Waals surface area contributed by atoms with Gasteiger partial charge in [0.25, 0.3) is 0 Å². The molecule has 0 N–H and O–H groups in total. The van der Waals surface area contributed by atoms with Gasteiger partial charge in [0, 0.05) is 0 Å². The summed E-state index contributed by atoms with van der Waals surface area (Å²) in [6, 6.07) is 8.36. The van der Waals surface area contributed by atoms with E-state index < -0.39 is 0 Å². The molecule has 2 heteroatoms. The summed E-state index contributed by atoms with van der Waals surface area (Å²) in [5.74, 6) is 0.369. The van der Waals surface area contributed by atoms with E-state index >= 15 is 0 Å². The van der Waals surface area contributed by atoms with Crippen molar-refractivity contribution in [3.8, 4) is 0 Å². The Morgan fingerprint density at radius 3 is 2.29 bits per heavy atom. The van der Waals surface area contributed by atoms with Crippen molar-refractivity contribution < 1.29 is 9.53 Å². The fraction of sp³-hybridized carbons (Fsp3) is 0.632. The van der Waals surface area contributed by atoms with Gasteiger partial charge in [0.1, 0.15) is 0 Å². The van der Waals surface area contributed by atoms with Crippen LogP contribution in [0.15, 0.2) is 24.3 Å².